The Kier molecular flexibility index (Phi) is 12.8. The number of amides is 2. The summed E-state index contributed by atoms with van der Waals surface area (Å²) >= 11 is 6.29. The third-order valence-corrected chi connectivity index (χ3v) is 15.7. The number of nitrogens with one attached hydrogen (secondary N) is 3. The number of likely N-dealkylation sites (tertiary alicyclic amines) is 1. The molecular formula is C46H56ClN9O7S. The minimum absolute atomic E-state index is 0.0390. The van der Waals surface area contributed by atoms with Gasteiger partial charge >= 0.3 is 5.69 Å². The number of carbonyl (C=O) groups is 2. The molecule has 0 radical (unpaired) electrons. The number of carbonyl (C=O) groups excluding carboxylic acids is 2. The molecule has 18 heteroatoms. The van der Waals surface area contributed by atoms with Crippen LogP contribution in [0.4, 0.5) is 11.6 Å². The van der Waals surface area contributed by atoms with Gasteiger partial charge in [-0.15, -0.1) is 0 Å². The van der Waals surface area contributed by atoms with Crippen molar-refractivity contribution >= 4 is 67.1 Å². The summed E-state index contributed by atoms with van der Waals surface area (Å²) < 4.78 is 40.2. The number of anilines is 2. The third kappa shape index (κ3) is 9.14. The number of aryl methyl sites for hydroxylation is 2. The Morgan fingerprint density at radius 1 is 0.891 bits per heavy atom. The van der Waals surface area contributed by atoms with Crippen molar-refractivity contribution in [3.05, 3.63) is 85.6 Å². The average Bonchev–Trinajstić information content (AvgIpc) is 3.90. The molecule has 2 saturated heterocycles. The highest BCUT2D eigenvalue weighted by Gasteiger charge is 2.32. The van der Waals surface area contributed by atoms with Crippen LogP contribution in [0.2, 0.25) is 5.02 Å². The van der Waals surface area contributed by atoms with E-state index in [0.29, 0.717) is 58.6 Å². The van der Waals surface area contributed by atoms with Crippen molar-refractivity contribution < 1.29 is 22.7 Å². The summed E-state index contributed by atoms with van der Waals surface area (Å²) in [7, 11) is -2.04. The number of rotatable bonds is 13. The molecule has 4 aliphatic rings. The van der Waals surface area contributed by atoms with Gasteiger partial charge in [-0.1, -0.05) is 30.5 Å². The maximum Gasteiger partial charge on any atom is 0.329 e. The van der Waals surface area contributed by atoms with Crippen LogP contribution in [-0.2, 0) is 31.4 Å². The molecule has 1 atom stereocenters. The Morgan fingerprint density at radius 3 is 2.39 bits per heavy atom. The van der Waals surface area contributed by atoms with Gasteiger partial charge in [0.25, 0.3) is 5.56 Å². The van der Waals surface area contributed by atoms with Gasteiger partial charge in [0.2, 0.25) is 27.8 Å². The molecule has 2 aromatic carbocycles. The monoisotopic (exact) mass is 913 g/mol. The lowest BCUT2D eigenvalue weighted by molar-refractivity contribution is -0.135. The summed E-state index contributed by atoms with van der Waals surface area (Å²) in [5.41, 5.74) is 4.08. The molecule has 0 spiro atoms. The van der Waals surface area contributed by atoms with Crippen molar-refractivity contribution in [3.8, 4) is 0 Å². The number of hydrogen-bond donors (Lipinski definition) is 3. The highest BCUT2D eigenvalue weighted by Crippen LogP contribution is 2.35. The Bertz CT molecular complexity index is 2820. The molecule has 16 nitrogen and oxygen atoms in total. The molecule has 0 bridgehead atoms. The van der Waals surface area contributed by atoms with E-state index in [1.165, 1.54) is 10.1 Å². The van der Waals surface area contributed by atoms with Crippen LogP contribution in [0.5, 0.6) is 0 Å². The number of imide groups is 1. The van der Waals surface area contributed by atoms with Crippen molar-refractivity contribution in [3.63, 3.8) is 0 Å². The van der Waals surface area contributed by atoms with E-state index in [1.807, 2.05) is 13.0 Å². The number of fused-ring (bicyclic) bond motifs is 2. The molecule has 2 saturated carbocycles. The fourth-order valence-corrected chi connectivity index (χ4v) is 11.7. The van der Waals surface area contributed by atoms with Crippen LogP contribution in [0.3, 0.4) is 0 Å². The number of ether oxygens (including phenoxy) is 1. The lowest BCUT2D eigenvalue weighted by atomic mass is 9.85. The molecule has 1 unspecified atom stereocenters. The second-order valence-corrected chi connectivity index (χ2v) is 20.3. The zero-order chi connectivity index (χ0) is 44.7. The number of pyridine rings is 1. The number of nitrogens with zero attached hydrogens (tertiary/aromatic N) is 6. The second kappa shape index (κ2) is 18.5. The first-order chi connectivity index (χ1) is 30.8. The van der Waals surface area contributed by atoms with E-state index >= 15 is 0 Å². The van der Waals surface area contributed by atoms with Crippen LogP contribution in [0.25, 0.3) is 22.1 Å². The minimum atomic E-state index is -3.78. The van der Waals surface area contributed by atoms with Crippen molar-refractivity contribution in [1.82, 2.24) is 38.6 Å². The molecule has 9 rings (SSSR count). The minimum Gasteiger partial charge on any atom is -0.377 e. The number of hydrogen-bond acceptors (Lipinski definition) is 11. The molecule has 3 aromatic heterocycles. The van der Waals surface area contributed by atoms with E-state index in [2.05, 4.69) is 37.4 Å². The number of benzene rings is 2. The third-order valence-electron chi connectivity index (χ3n) is 13.9. The van der Waals surface area contributed by atoms with E-state index in [-0.39, 0.29) is 52.2 Å². The van der Waals surface area contributed by atoms with Gasteiger partial charge in [0, 0.05) is 49.9 Å². The van der Waals surface area contributed by atoms with E-state index in [0.717, 1.165) is 89.4 Å². The fraction of sp³-hybridized carbons (Fsp3) is 0.522. The molecule has 64 heavy (non-hydrogen) atoms. The Hall–Kier alpha value is -4.94. The smallest absolute Gasteiger partial charge is 0.329 e. The molecule has 2 aliphatic carbocycles. The van der Waals surface area contributed by atoms with Gasteiger partial charge < -0.3 is 15.0 Å². The van der Waals surface area contributed by atoms with Crippen LogP contribution in [0.1, 0.15) is 106 Å². The lowest BCUT2D eigenvalue weighted by Crippen LogP contribution is -2.44. The zero-order valence-corrected chi connectivity index (χ0v) is 37.9. The van der Waals surface area contributed by atoms with Crippen LogP contribution in [-0.4, -0.2) is 87.7 Å². The van der Waals surface area contributed by atoms with Crippen molar-refractivity contribution in [2.45, 2.75) is 113 Å². The number of imidazole rings is 1. The Balaban J connectivity index is 0.712. The van der Waals surface area contributed by atoms with E-state index < -0.39 is 22.0 Å². The second-order valence-electron chi connectivity index (χ2n) is 18.1. The number of halogens is 1. The van der Waals surface area contributed by atoms with Crippen molar-refractivity contribution in [2.24, 2.45) is 13.0 Å². The Labute approximate surface area is 376 Å². The van der Waals surface area contributed by atoms with Gasteiger partial charge in [-0.3, -0.25) is 33.4 Å². The maximum absolute atomic E-state index is 13.3. The molecule has 2 aliphatic heterocycles. The quantitative estimate of drug-likeness (QED) is 0.0931. The molecule has 2 amide bonds. The lowest BCUT2D eigenvalue weighted by Gasteiger charge is -2.36. The van der Waals surface area contributed by atoms with Crippen LogP contribution >= 0.6 is 11.6 Å². The molecule has 3 N–H and O–H groups in total. The predicted molar refractivity (Wildman–Crippen MR) is 245 cm³/mol. The number of sulfonamides is 1. The molecule has 5 heterocycles. The molecule has 4 fully saturated rings. The van der Waals surface area contributed by atoms with Gasteiger partial charge in [0.15, 0.2) is 0 Å². The van der Waals surface area contributed by atoms with E-state index in [9.17, 15) is 27.6 Å². The summed E-state index contributed by atoms with van der Waals surface area (Å²) in [6, 6.07) is 11.9. The largest absolute Gasteiger partial charge is 0.377 e. The number of piperidine rings is 2. The fourth-order valence-electron chi connectivity index (χ4n) is 10.4. The number of aromatic nitrogens is 5. The zero-order valence-electron chi connectivity index (χ0n) is 36.4. The van der Waals surface area contributed by atoms with Crippen LogP contribution < -0.4 is 26.6 Å². The highest BCUT2D eigenvalue weighted by molar-refractivity contribution is 7.89. The average molecular weight is 915 g/mol. The van der Waals surface area contributed by atoms with Gasteiger partial charge in [0.1, 0.15) is 16.7 Å². The summed E-state index contributed by atoms with van der Waals surface area (Å²) in [4.78, 5) is 62.5. The van der Waals surface area contributed by atoms with Gasteiger partial charge in [-0.2, -0.15) is 4.98 Å². The predicted octanol–water partition coefficient (Wildman–Crippen LogP) is 5.98. The van der Waals surface area contributed by atoms with Gasteiger partial charge in [0.05, 0.1) is 28.6 Å². The van der Waals surface area contributed by atoms with E-state index in [1.54, 1.807) is 46.6 Å². The highest BCUT2D eigenvalue weighted by atomic mass is 35.5. The topological polar surface area (TPSA) is 192 Å². The van der Waals surface area contributed by atoms with Gasteiger partial charge in [-0.05, 0) is 137 Å². The first-order valence-corrected chi connectivity index (χ1v) is 24.5. The van der Waals surface area contributed by atoms with Crippen LogP contribution in [0.15, 0.2) is 63.1 Å². The summed E-state index contributed by atoms with van der Waals surface area (Å²) in [6.07, 6.45) is 12.3. The van der Waals surface area contributed by atoms with Crippen molar-refractivity contribution in [1.29, 1.82) is 0 Å². The molecular weight excluding hydrogens is 858 g/mol. The first-order valence-electron chi connectivity index (χ1n) is 22.7. The van der Waals surface area contributed by atoms with Crippen molar-refractivity contribution in [2.75, 3.05) is 38.1 Å². The molecule has 340 valence electrons. The first kappa shape index (κ1) is 44.3. The molecule has 5 aromatic rings. The maximum atomic E-state index is 13.3. The van der Waals surface area contributed by atoms with Gasteiger partial charge in [-0.25, -0.2) is 22.9 Å². The summed E-state index contributed by atoms with van der Waals surface area (Å²) in [6.45, 7) is 5.35. The Morgan fingerprint density at radius 2 is 1.66 bits per heavy atom. The van der Waals surface area contributed by atoms with Crippen LogP contribution in [0, 0.1) is 12.8 Å². The standard InChI is InChI=1S/C46H56ClN9O7S/c1-28-23-35(12-13-37(28)50-45-48-26-32-24-36(47)44(59)55(42(32)52-45)33-5-3-4-6-33)64(61,62)49-19-22-63-34-10-7-29(8-11-34)27-54-20-17-30(18-21-54)31-9-14-38-40(25-31)53(2)46(60)56(38)39-15-16-41(57)51-43(39)58/h9,12-14,23-26,29-30,33-34,39,49H,3-8,10-11,15-22,27H2,1-2H3,(H,48,50,52)(H,51,57,58). The SMILES string of the molecule is Cc1cc(S(=O)(=O)NCCOC2CCC(CN3CCC(c4ccc5c(c4)n(C)c(=O)n5C4CCC(=O)NC4=O)CC3)CC2)ccc1Nc1ncc2cc(Cl)c(=O)n(C3CCCC3)c2n1. The normalized spacial score (nSPS) is 21.8. The summed E-state index contributed by atoms with van der Waals surface area (Å²) in [5, 5.41) is 6.40. The van der Waals surface area contributed by atoms with E-state index in [4.69, 9.17) is 21.3 Å². The summed E-state index contributed by atoms with van der Waals surface area (Å²) in [5.74, 6) is 0.557.